The van der Waals surface area contributed by atoms with Gasteiger partial charge in [-0.25, -0.2) is 0 Å². The maximum absolute atomic E-state index is 6.90. The number of hydrogen-bond acceptors (Lipinski definition) is 2. The molecule has 9 rings (SSSR count). The first kappa shape index (κ1) is 32.8. The molecule has 2 aromatic heterocycles. The van der Waals surface area contributed by atoms with E-state index in [2.05, 4.69) is 177 Å². The summed E-state index contributed by atoms with van der Waals surface area (Å²) < 4.78 is 10.9. The monoisotopic (exact) mass is 738 g/mol. The van der Waals surface area contributed by atoms with Crippen LogP contribution in [0.2, 0.25) is 17.3 Å². The Morgan fingerprint density at radius 3 is 1.98 bits per heavy atom. The second-order valence-corrected chi connectivity index (χ2v) is 26.7. The van der Waals surface area contributed by atoms with Gasteiger partial charge >= 0.3 is 201 Å². The molecule has 0 saturated carbocycles. The third-order valence-corrected chi connectivity index (χ3v) is 15.2. The third-order valence-electron chi connectivity index (χ3n) is 10.9. The summed E-state index contributed by atoms with van der Waals surface area (Å²) >= 11 is -1.93. The number of para-hydroxylation sites is 3. The fourth-order valence-corrected chi connectivity index (χ4v) is 10.5. The van der Waals surface area contributed by atoms with Crippen molar-refractivity contribution >= 4 is 72.2 Å². The molecule has 0 radical (unpaired) electrons. The van der Waals surface area contributed by atoms with Crippen LogP contribution in [0.1, 0.15) is 50.7 Å². The van der Waals surface area contributed by atoms with Gasteiger partial charge in [0, 0.05) is 10.8 Å². The van der Waals surface area contributed by atoms with E-state index >= 15 is 0 Å². The molecule has 3 nitrogen and oxygen atoms in total. The molecule has 0 aliphatic heterocycles. The summed E-state index contributed by atoms with van der Waals surface area (Å²) in [5.74, 6) is 8.85. The van der Waals surface area contributed by atoms with Gasteiger partial charge in [-0.2, -0.15) is 0 Å². The number of furan rings is 1. The molecule has 4 heteroatoms. The molecular weight excluding hydrogens is 693 g/mol. The Balaban J connectivity index is 1.31. The molecular formula is C48H44GeN2O. The van der Waals surface area contributed by atoms with E-state index in [1.54, 1.807) is 0 Å². The van der Waals surface area contributed by atoms with Crippen molar-refractivity contribution in [3.05, 3.63) is 139 Å². The first-order valence-corrected chi connectivity index (χ1v) is 25.9. The molecule has 7 aromatic carbocycles. The van der Waals surface area contributed by atoms with Gasteiger partial charge in [0.05, 0.1) is 0 Å². The predicted molar refractivity (Wildman–Crippen MR) is 225 cm³/mol. The third kappa shape index (κ3) is 5.28. The topological polar surface area (TPSA) is 31.0 Å². The minimum absolute atomic E-state index is 0.287. The van der Waals surface area contributed by atoms with E-state index < -0.39 is 13.3 Å². The molecule has 0 aliphatic carbocycles. The minimum atomic E-state index is -1.93. The van der Waals surface area contributed by atoms with Gasteiger partial charge in [0.15, 0.2) is 0 Å². The molecule has 0 spiro atoms. The van der Waals surface area contributed by atoms with Gasteiger partial charge in [-0.05, 0) is 33.7 Å². The van der Waals surface area contributed by atoms with Crippen LogP contribution in [0.5, 0.6) is 0 Å². The molecule has 52 heavy (non-hydrogen) atoms. The zero-order valence-electron chi connectivity index (χ0n) is 31.1. The summed E-state index contributed by atoms with van der Waals surface area (Å²) in [6, 6.07) is 46.9. The van der Waals surface area contributed by atoms with E-state index in [1.807, 2.05) is 0 Å². The van der Waals surface area contributed by atoms with E-state index in [9.17, 15) is 0 Å². The van der Waals surface area contributed by atoms with Gasteiger partial charge in [-0.1, -0.05) is 54.6 Å². The van der Waals surface area contributed by atoms with Crippen molar-refractivity contribution in [2.24, 2.45) is 0 Å². The van der Waals surface area contributed by atoms with Crippen molar-refractivity contribution in [3.63, 3.8) is 0 Å². The summed E-state index contributed by atoms with van der Waals surface area (Å²) in [7, 11) is 0. The van der Waals surface area contributed by atoms with E-state index in [4.69, 9.17) is 9.40 Å². The number of rotatable bonds is 6. The average Bonchev–Trinajstić information content (AvgIpc) is 3.71. The van der Waals surface area contributed by atoms with Crippen molar-refractivity contribution in [1.82, 2.24) is 9.55 Å². The van der Waals surface area contributed by atoms with Gasteiger partial charge < -0.3 is 4.42 Å². The van der Waals surface area contributed by atoms with Gasteiger partial charge in [0.25, 0.3) is 0 Å². The van der Waals surface area contributed by atoms with Crippen molar-refractivity contribution in [2.75, 3.05) is 0 Å². The molecule has 0 atom stereocenters. The molecule has 0 N–H and O–H groups in total. The van der Waals surface area contributed by atoms with E-state index in [0.717, 1.165) is 44.4 Å². The summed E-state index contributed by atoms with van der Waals surface area (Å²) in [5.41, 5.74) is 11.2. The number of benzene rings is 7. The molecule has 0 unspecified atom stereocenters. The number of hydrogen-bond donors (Lipinski definition) is 0. The van der Waals surface area contributed by atoms with E-state index in [1.165, 1.54) is 53.9 Å². The first-order valence-electron chi connectivity index (χ1n) is 18.6. The second-order valence-electron chi connectivity index (χ2n) is 16.0. The predicted octanol–water partition coefficient (Wildman–Crippen LogP) is 13.4. The van der Waals surface area contributed by atoms with Gasteiger partial charge in [0.2, 0.25) is 0 Å². The van der Waals surface area contributed by atoms with Crippen LogP contribution in [-0.4, -0.2) is 22.8 Å². The van der Waals surface area contributed by atoms with Gasteiger partial charge in [-0.15, -0.1) is 0 Å². The molecule has 9 aromatic rings. The Bertz CT molecular complexity index is 2800. The molecule has 256 valence electrons. The number of imidazole rings is 1. The Morgan fingerprint density at radius 1 is 0.577 bits per heavy atom. The molecule has 0 amide bonds. The molecule has 0 fully saturated rings. The standard InChI is InChI=1S/C48H44GeN2O/c1-29(2)39-26-34(31-21-23-35(24-22-31)49(5,6)7)27-40(30(3)4)46(39)51-44-18-11-10-17-43(44)50-48(51)38-16-12-15-37-42-25-33-20-19-32-13-8-9-14-36(32)41(33)28-45(42)52-47(37)38/h8-30H,1-7H3. The van der Waals surface area contributed by atoms with Gasteiger partial charge in [-0.3, -0.25) is 0 Å². The van der Waals surface area contributed by atoms with Crippen LogP contribution in [0.15, 0.2) is 132 Å². The molecule has 0 saturated heterocycles. The van der Waals surface area contributed by atoms with Crippen molar-refractivity contribution in [1.29, 1.82) is 0 Å². The van der Waals surface area contributed by atoms with Crippen LogP contribution < -0.4 is 4.40 Å². The summed E-state index contributed by atoms with van der Waals surface area (Å²) in [6.45, 7) is 9.26. The zero-order chi connectivity index (χ0) is 35.9. The zero-order valence-corrected chi connectivity index (χ0v) is 33.2. The molecule has 0 aliphatic rings. The van der Waals surface area contributed by atoms with Crippen molar-refractivity contribution in [3.8, 4) is 28.2 Å². The Hall–Kier alpha value is -5.13. The Kier molecular flexibility index (Phi) is 7.71. The summed E-state index contributed by atoms with van der Waals surface area (Å²) in [5, 5.41) is 7.12. The number of aromatic nitrogens is 2. The van der Waals surface area contributed by atoms with Crippen molar-refractivity contribution in [2.45, 2.75) is 56.8 Å². The first-order chi connectivity index (χ1) is 25.1. The van der Waals surface area contributed by atoms with Crippen LogP contribution in [0, 0.1) is 0 Å². The summed E-state index contributed by atoms with van der Waals surface area (Å²) in [6.07, 6.45) is 0. The maximum atomic E-state index is 6.90. The Labute approximate surface area is 308 Å². The average molecular weight is 738 g/mol. The quantitative estimate of drug-likeness (QED) is 0.126. The van der Waals surface area contributed by atoms with Crippen LogP contribution in [0.4, 0.5) is 0 Å². The van der Waals surface area contributed by atoms with Gasteiger partial charge in [0.1, 0.15) is 5.58 Å². The number of nitrogens with zero attached hydrogens (tertiary/aromatic N) is 2. The van der Waals surface area contributed by atoms with Crippen LogP contribution >= 0.6 is 0 Å². The molecule has 2 heterocycles. The fourth-order valence-electron chi connectivity index (χ4n) is 8.06. The van der Waals surface area contributed by atoms with Crippen molar-refractivity contribution < 1.29 is 4.42 Å². The normalized spacial score (nSPS) is 12.5. The van der Waals surface area contributed by atoms with Crippen LogP contribution in [0.25, 0.3) is 82.7 Å². The summed E-state index contributed by atoms with van der Waals surface area (Å²) in [4.78, 5) is 5.40. The van der Waals surface area contributed by atoms with E-state index in [0.29, 0.717) is 0 Å². The van der Waals surface area contributed by atoms with Crippen LogP contribution in [-0.2, 0) is 0 Å². The fraction of sp³-hybridized carbons (Fsp3) is 0.188. The second kappa shape index (κ2) is 12.2. The van der Waals surface area contributed by atoms with Crippen LogP contribution in [0.3, 0.4) is 0 Å². The SMILES string of the molecule is CC(C)c1cc(-c2cc[c]([Ge]([CH3])([CH3])[CH3])cc2)cc(C(C)C)c1-n1c(-c2cccc3c2oc2cc4c(ccc5ccccc54)cc23)nc2ccccc21. The number of fused-ring (bicyclic) bond motifs is 7. The molecule has 0 bridgehead atoms. The Morgan fingerprint density at radius 2 is 1.25 bits per heavy atom. The van der Waals surface area contributed by atoms with E-state index in [-0.39, 0.29) is 11.8 Å².